The molecule has 1 saturated heterocycles. The fourth-order valence-corrected chi connectivity index (χ4v) is 4.48. The third-order valence-electron chi connectivity index (χ3n) is 2.77. The summed E-state index contributed by atoms with van der Waals surface area (Å²) in [4.78, 5) is 13.7. The molecule has 3 rings (SSSR count). The molecule has 0 aromatic heterocycles. The standard InChI is InChI=1S/C12H8ClNOS3/c13-6-1-2-7-8(3-4-17-9(7)5-6)10-11(15)14-12(16)18-10/h1-2,5H,3-4H2,(H,14,15,16). The van der Waals surface area contributed by atoms with Gasteiger partial charge in [-0.2, -0.15) is 0 Å². The van der Waals surface area contributed by atoms with Gasteiger partial charge in [-0.25, -0.2) is 0 Å². The summed E-state index contributed by atoms with van der Waals surface area (Å²) in [6, 6.07) is 5.81. The van der Waals surface area contributed by atoms with Crippen LogP contribution in [0.15, 0.2) is 28.0 Å². The van der Waals surface area contributed by atoms with Crippen molar-refractivity contribution in [3.8, 4) is 0 Å². The second-order valence-corrected chi connectivity index (χ2v) is 7.15. The van der Waals surface area contributed by atoms with E-state index in [0.29, 0.717) is 4.32 Å². The first-order valence-electron chi connectivity index (χ1n) is 5.34. The first-order chi connectivity index (χ1) is 8.65. The van der Waals surface area contributed by atoms with Crippen LogP contribution in [0.4, 0.5) is 0 Å². The van der Waals surface area contributed by atoms with Crippen molar-refractivity contribution in [2.45, 2.75) is 11.3 Å². The van der Waals surface area contributed by atoms with E-state index in [2.05, 4.69) is 5.32 Å². The molecule has 18 heavy (non-hydrogen) atoms. The third kappa shape index (κ3) is 2.20. The molecule has 0 spiro atoms. The lowest BCUT2D eigenvalue weighted by molar-refractivity contribution is -0.115. The lowest BCUT2D eigenvalue weighted by Crippen LogP contribution is -2.18. The van der Waals surface area contributed by atoms with Crippen LogP contribution in [0.5, 0.6) is 0 Å². The van der Waals surface area contributed by atoms with Gasteiger partial charge in [-0.3, -0.25) is 4.79 Å². The number of rotatable bonds is 0. The molecule has 2 aliphatic rings. The van der Waals surface area contributed by atoms with Gasteiger partial charge in [0.2, 0.25) is 0 Å². The molecule has 1 amide bonds. The summed E-state index contributed by atoms with van der Waals surface area (Å²) in [7, 11) is 0. The molecule has 0 radical (unpaired) electrons. The normalized spacial score (nSPS) is 22.9. The van der Waals surface area contributed by atoms with E-state index in [1.54, 1.807) is 11.8 Å². The lowest BCUT2D eigenvalue weighted by atomic mass is 10.0. The van der Waals surface area contributed by atoms with Gasteiger partial charge < -0.3 is 5.32 Å². The second-order valence-electron chi connectivity index (χ2n) is 3.89. The predicted octanol–water partition coefficient (Wildman–Crippen LogP) is 3.69. The summed E-state index contributed by atoms with van der Waals surface area (Å²) < 4.78 is 0.538. The highest BCUT2D eigenvalue weighted by Crippen LogP contribution is 2.43. The Balaban J connectivity index is 2.14. The fourth-order valence-electron chi connectivity index (χ4n) is 2.01. The van der Waals surface area contributed by atoms with Gasteiger partial charge in [0, 0.05) is 15.7 Å². The van der Waals surface area contributed by atoms with E-state index in [1.165, 1.54) is 11.8 Å². The van der Waals surface area contributed by atoms with Crippen LogP contribution in [-0.2, 0) is 4.79 Å². The van der Waals surface area contributed by atoms with Crippen LogP contribution >= 0.6 is 47.3 Å². The Morgan fingerprint density at radius 2 is 2.22 bits per heavy atom. The zero-order valence-electron chi connectivity index (χ0n) is 9.16. The van der Waals surface area contributed by atoms with Crippen molar-refractivity contribution in [3.05, 3.63) is 33.7 Å². The number of benzene rings is 1. The van der Waals surface area contributed by atoms with Gasteiger partial charge >= 0.3 is 0 Å². The SMILES string of the molecule is O=C1NC(=S)SC1=C1CCSc2cc(Cl)ccc21. The maximum absolute atomic E-state index is 11.9. The van der Waals surface area contributed by atoms with Crippen LogP contribution in [0.3, 0.4) is 0 Å². The molecule has 0 saturated carbocycles. The van der Waals surface area contributed by atoms with E-state index in [-0.39, 0.29) is 5.91 Å². The highest BCUT2D eigenvalue weighted by Gasteiger charge is 2.28. The summed E-state index contributed by atoms with van der Waals surface area (Å²) in [5.74, 6) is 0.889. The number of thioether (sulfide) groups is 2. The molecule has 1 aromatic rings. The molecular weight excluding hydrogens is 306 g/mol. The zero-order chi connectivity index (χ0) is 12.7. The number of halogens is 1. The number of hydrogen-bond acceptors (Lipinski definition) is 4. The number of amides is 1. The smallest absolute Gasteiger partial charge is 0.263 e. The minimum Gasteiger partial charge on any atom is -0.307 e. The van der Waals surface area contributed by atoms with Crippen LogP contribution in [0.2, 0.25) is 5.02 Å². The Bertz CT molecular complexity index is 597. The van der Waals surface area contributed by atoms with Crippen LogP contribution in [0.1, 0.15) is 12.0 Å². The van der Waals surface area contributed by atoms with Gasteiger partial charge in [0.25, 0.3) is 5.91 Å². The summed E-state index contributed by atoms with van der Waals surface area (Å²) in [6.45, 7) is 0. The van der Waals surface area contributed by atoms with Crippen LogP contribution in [0, 0.1) is 0 Å². The molecule has 6 heteroatoms. The topological polar surface area (TPSA) is 29.1 Å². The number of hydrogen-bond donors (Lipinski definition) is 1. The number of nitrogens with one attached hydrogen (secondary N) is 1. The first kappa shape index (κ1) is 12.5. The number of carbonyl (C=O) groups excluding carboxylic acids is 1. The minimum atomic E-state index is -0.0761. The van der Waals surface area contributed by atoms with Crippen molar-refractivity contribution >= 4 is 63.1 Å². The van der Waals surface area contributed by atoms with Gasteiger partial charge in [0.15, 0.2) is 0 Å². The van der Waals surface area contributed by atoms with Gasteiger partial charge in [0.05, 0.1) is 4.91 Å². The molecular formula is C12H8ClNOS3. The highest BCUT2D eigenvalue weighted by molar-refractivity contribution is 8.26. The lowest BCUT2D eigenvalue weighted by Gasteiger charge is -2.19. The molecule has 0 aliphatic carbocycles. The Hall–Kier alpha value is -0.490. The Kier molecular flexibility index (Phi) is 3.40. The Morgan fingerprint density at radius 3 is 2.94 bits per heavy atom. The van der Waals surface area contributed by atoms with Crippen LogP contribution in [0.25, 0.3) is 5.57 Å². The molecule has 2 nitrogen and oxygen atoms in total. The number of carbonyl (C=O) groups is 1. The van der Waals surface area contributed by atoms with Gasteiger partial charge in [-0.05, 0) is 29.7 Å². The maximum Gasteiger partial charge on any atom is 0.263 e. The Morgan fingerprint density at radius 1 is 1.39 bits per heavy atom. The molecule has 92 valence electrons. The monoisotopic (exact) mass is 313 g/mol. The van der Waals surface area contributed by atoms with Gasteiger partial charge in [-0.1, -0.05) is 41.6 Å². The third-order valence-corrected chi connectivity index (χ3v) is 5.34. The summed E-state index contributed by atoms with van der Waals surface area (Å²) in [5.41, 5.74) is 2.20. The minimum absolute atomic E-state index is 0.0761. The fraction of sp³-hybridized carbons (Fsp3) is 0.167. The average Bonchev–Trinajstić information content (AvgIpc) is 2.67. The quantitative estimate of drug-likeness (QED) is 0.584. The number of thiocarbonyl (C=S) groups is 1. The van der Waals surface area contributed by atoms with E-state index >= 15 is 0 Å². The van der Waals surface area contributed by atoms with Crippen LogP contribution < -0.4 is 5.32 Å². The molecule has 1 fully saturated rings. The molecule has 0 atom stereocenters. The van der Waals surface area contributed by atoms with E-state index in [1.807, 2.05) is 18.2 Å². The van der Waals surface area contributed by atoms with Crippen LogP contribution in [-0.4, -0.2) is 16.0 Å². The van der Waals surface area contributed by atoms with Crippen molar-refractivity contribution < 1.29 is 4.79 Å². The van der Waals surface area contributed by atoms with Crippen molar-refractivity contribution in [2.24, 2.45) is 0 Å². The molecule has 2 heterocycles. The first-order valence-corrected chi connectivity index (χ1v) is 7.93. The summed E-state index contributed by atoms with van der Waals surface area (Å²) >= 11 is 14.2. The second kappa shape index (κ2) is 4.89. The highest BCUT2D eigenvalue weighted by atomic mass is 35.5. The molecule has 1 aromatic carbocycles. The zero-order valence-corrected chi connectivity index (χ0v) is 12.4. The molecule has 0 bridgehead atoms. The molecule has 1 N–H and O–H groups in total. The van der Waals surface area contributed by atoms with Crippen molar-refractivity contribution in [1.29, 1.82) is 0 Å². The predicted molar refractivity (Wildman–Crippen MR) is 82.0 cm³/mol. The summed E-state index contributed by atoms with van der Waals surface area (Å²) in [5, 5.41) is 3.40. The van der Waals surface area contributed by atoms with Gasteiger partial charge in [-0.15, -0.1) is 11.8 Å². The maximum atomic E-state index is 11.9. The van der Waals surface area contributed by atoms with Crippen molar-refractivity contribution in [3.63, 3.8) is 0 Å². The van der Waals surface area contributed by atoms with E-state index in [9.17, 15) is 4.79 Å². The van der Waals surface area contributed by atoms with Crippen molar-refractivity contribution in [2.75, 3.05) is 5.75 Å². The Labute approximate surface area is 124 Å². The van der Waals surface area contributed by atoms with Crippen molar-refractivity contribution in [1.82, 2.24) is 5.32 Å². The number of allylic oxidation sites excluding steroid dienone is 1. The molecule has 0 unspecified atom stereocenters. The average molecular weight is 314 g/mol. The largest absolute Gasteiger partial charge is 0.307 e. The number of fused-ring (bicyclic) bond motifs is 1. The van der Waals surface area contributed by atoms with E-state index < -0.39 is 0 Å². The molecule has 2 aliphatic heterocycles. The van der Waals surface area contributed by atoms with Gasteiger partial charge in [0.1, 0.15) is 4.32 Å². The summed E-state index contributed by atoms with van der Waals surface area (Å²) in [6.07, 6.45) is 0.887. The van der Waals surface area contributed by atoms with E-state index in [4.69, 9.17) is 23.8 Å². The van der Waals surface area contributed by atoms with E-state index in [0.717, 1.165) is 38.1 Å².